The molecule has 0 spiro atoms. The molecule has 0 saturated heterocycles. The summed E-state index contributed by atoms with van der Waals surface area (Å²) in [5.74, 6) is 0.700. The third kappa shape index (κ3) is 4.67. The van der Waals surface area contributed by atoms with Crippen molar-refractivity contribution in [3.05, 3.63) is 70.6 Å². The van der Waals surface area contributed by atoms with Gasteiger partial charge in [-0.25, -0.2) is 0 Å². The van der Waals surface area contributed by atoms with Gasteiger partial charge in [0.05, 0.1) is 11.6 Å². The second-order valence-electron chi connectivity index (χ2n) is 5.75. The molecule has 0 atom stereocenters. The first-order chi connectivity index (χ1) is 12.1. The average molecular weight is 356 g/mol. The fourth-order valence-electron chi connectivity index (χ4n) is 2.35. The number of benzene rings is 2. The Hall–Kier alpha value is -2.66. The molecule has 0 bridgehead atoms. The normalized spacial score (nSPS) is 10.6. The van der Waals surface area contributed by atoms with Gasteiger partial charge in [0.2, 0.25) is 17.6 Å². The lowest BCUT2D eigenvalue weighted by atomic mass is 10.1. The van der Waals surface area contributed by atoms with Crippen LogP contribution in [-0.2, 0) is 17.8 Å². The highest BCUT2D eigenvalue weighted by molar-refractivity contribution is 6.33. The van der Waals surface area contributed by atoms with E-state index in [1.807, 2.05) is 49.4 Å². The Labute approximate surface area is 151 Å². The monoisotopic (exact) mass is 355 g/mol. The third-order valence-corrected chi connectivity index (χ3v) is 4.11. The topological polar surface area (TPSA) is 68.0 Å². The summed E-state index contributed by atoms with van der Waals surface area (Å²) in [7, 11) is 0. The molecular weight excluding hydrogens is 338 g/mol. The summed E-state index contributed by atoms with van der Waals surface area (Å²) in [5, 5.41) is 7.25. The maximum atomic E-state index is 12.0. The Bertz CT molecular complexity index is 859. The number of nitrogens with zero attached hydrogens (tertiary/aromatic N) is 2. The van der Waals surface area contributed by atoms with Crippen molar-refractivity contribution < 1.29 is 9.32 Å². The van der Waals surface area contributed by atoms with Crippen LogP contribution >= 0.6 is 11.6 Å². The minimum atomic E-state index is -0.0573. The van der Waals surface area contributed by atoms with Gasteiger partial charge >= 0.3 is 0 Å². The standard InChI is InChI=1S/C19H18ClN3O2/c1-13-6-8-14(9-7-13)10-11-17(24)21-12-18-22-19(23-25-18)15-4-2-3-5-16(15)20/h2-9H,10-12H2,1H3,(H,21,24). The Morgan fingerprint density at radius 2 is 1.92 bits per heavy atom. The van der Waals surface area contributed by atoms with E-state index in [1.54, 1.807) is 6.07 Å². The quantitative estimate of drug-likeness (QED) is 0.727. The van der Waals surface area contributed by atoms with Crippen LogP contribution in [0.25, 0.3) is 11.4 Å². The summed E-state index contributed by atoms with van der Waals surface area (Å²) in [4.78, 5) is 16.2. The molecule has 0 aliphatic heterocycles. The number of hydrogen-bond donors (Lipinski definition) is 1. The van der Waals surface area contributed by atoms with Crippen molar-refractivity contribution in [2.24, 2.45) is 0 Å². The SMILES string of the molecule is Cc1ccc(CCC(=O)NCc2nc(-c3ccccc3Cl)no2)cc1. The van der Waals surface area contributed by atoms with E-state index in [0.29, 0.717) is 35.1 Å². The first kappa shape index (κ1) is 17.2. The number of hydrogen-bond acceptors (Lipinski definition) is 4. The van der Waals surface area contributed by atoms with Crippen molar-refractivity contribution in [1.82, 2.24) is 15.5 Å². The molecule has 1 amide bonds. The smallest absolute Gasteiger partial charge is 0.246 e. The summed E-state index contributed by atoms with van der Waals surface area (Å²) in [6.45, 7) is 2.24. The molecule has 6 heteroatoms. The summed E-state index contributed by atoms with van der Waals surface area (Å²) in [6, 6.07) is 15.4. The molecule has 1 N–H and O–H groups in total. The van der Waals surface area contributed by atoms with Gasteiger partial charge in [-0.15, -0.1) is 0 Å². The number of amides is 1. The second kappa shape index (κ2) is 7.94. The number of carbonyl (C=O) groups excluding carboxylic acids is 1. The molecule has 0 saturated carbocycles. The van der Waals surface area contributed by atoms with Gasteiger partial charge in [0.25, 0.3) is 0 Å². The maximum Gasteiger partial charge on any atom is 0.246 e. The van der Waals surface area contributed by atoms with Gasteiger partial charge in [-0.1, -0.05) is 58.7 Å². The molecule has 3 aromatic rings. The van der Waals surface area contributed by atoms with Gasteiger partial charge in [-0.3, -0.25) is 4.79 Å². The van der Waals surface area contributed by atoms with E-state index >= 15 is 0 Å². The maximum absolute atomic E-state index is 12.0. The Morgan fingerprint density at radius 1 is 1.16 bits per heavy atom. The van der Waals surface area contributed by atoms with E-state index in [1.165, 1.54) is 5.56 Å². The zero-order valence-corrected chi connectivity index (χ0v) is 14.6. The van der Waals surface area contributed by atoms with Crippen LogP contribution in [0.1, 0.15) is 23.4 Å². The molecule has 1 aromatic heterocycles. The molecule has 0 unspecified atom stereocenters. The summed E-state index contributed by atoms with van der Waals surface area (Å²) < 4.78 is 5.17. The van der Waals surface area contributed by atoms with Gasteiger partial charge in [-0.05, 0) is 31.0 Å². The van der Waals surface area contributed by atoms with E-state index in [9.17, 15) is 4.79 Å². The zero-order valence-electron chi connectivity index (χ0n) is 13.8. The van der Waals surface area contributed by atoms with Crippen LogP contribution in [0, 0.1) is 6.92 Å². The van der Waals surface area contributed by atoms with Crippen LogP contribution in [0.5, 0.6) is 0 Å². The second-order valence-corrected chi connectivity index (χ2v) is 6.16. The van der Waals surface area contributed by atoms with Crippen LogP contribution < -0.4 is 5.32 Å². The van der Waals surface area contributed by atoms with Gasteiger partial charge < -0.3 is 9.84 Å². The molecular formula is C19H18ClN3O2. The van der Waals surface area contributed by atoms with E-state index in [0.717, 1.165) is 5.56 Å². The lowest BCUT2D eigenvalue weighted by Crippen LogP contribution is -2.23. The fourth-order valence-corrected chi connectivity index (χ4v) is 2.57. The average Bonchev–Trinajstić information content (AvgIpc) is 3.08. The highest BCUT2D eigenvalue weighted by Gasteiger charge is 2.12. The lowest BCUT2D eigenvalue weighted by Gasteiger charge is -2.03. The van der Waals surface area contributed by atoms with Gasteiger partial charge in [0, 0.05) is 12.0 Å². The number of nitrogens with one attached hydrogen (secondary N) is 1. The van der Waals surface area contributed by atoms with Crippen molar-refractivity contribution >= 4 is 17.5 Å². The summed E-state index contributed by atoms with van der Waals surface area (Å²) in [5.41, 5.74) is 3.04. The van der Waals surface area contributed by atoms with Crippen molar-refractivity contribution in [2.75, 3.05) is 0 Å². The highest BCUT2D eigenvalue weighted by Crippen LogP contribution is 2.24. The zero-order chi connectivity index (χ0) is 17.6. The molecule has 0 aliphatic rings. The predicted octanol–water partition coefficient (Wildman–Crippen LogP) is 3.95. The molecule has 128 valence electrons. The largest absolute Gasteiger partial charge is 0.347 e. The summed E-state index contributed by atoms with van der Waals surface area (Å²) >= 11 is 6.11. The van der Waals surface area contributed by atoms with Gasteiger partial charge in [-0.2, -0.15) is 4.98 Å². The minimum absolute atomic E-state index is 0.0573. The minimum Gasteiger partial charge on any atom is -0.347 e. The first-order valence-corrected chi connectivity index (χ1v) is 8.39. The molecule has 2 aromatic carbocycles. The van der Waals surface area contributed by atoms with Crippen LogP contribution in [-0.4, -0.2) is 16.0 Å². The van der Waals surface area contributed by atoms with Crippen molar-refractivity contribution in [1.29, 1.82) is 0 Å². The molecule has 0 radical (unpaired) electrons. The van der Waals surface area contributed by atoms with Crippen molar-refractivity contribution in [2.45, 2.75) is 26.3 Å². The third-order valence-electron chi connectivity index (χ3n) is 3.78. The molecule has 1 heterocycles. The van der Waals surface area contributed by atoms with E-state index in [2.05, 4.69) is 15.5 Å². The molecule has 3 rings (SSSR count). The number of aryl methyl sites for hydroxylation is 2. The molecule has 0 fully saturated rings. The van der Waals surface area contributed by atoms with Crippen molar-refractivity contribution in [3.63, 3.8) is 0 Å². The molecule has 0 aliphatic carbocycles. The van der Waals surface area contributed by atoms with E-state index in [4.69, 9.17) is 16.1 Å². The lowest BCUT2D eigenvalue weighted by molar-refractivity contribution is -0.121. The van der Waals surface area contributed by atoms with Crippen molar-refractivity contribution in [3.8, 4) is 11.4 Å². The Morgan fingerprint density at radius 3 is 2.68 bits per heavy atom. The van der Waals surface area contributed by atoms with Crippen LogP contribution in [0.3, 0.4) is 0 Å². The van der Waals surface area contributed by atoms with Gasteiger partial charge in [0.1, 0.15) is 0 Å². The number of carbonyl (C=O) groups is 1. The molecule has 25 heavy (non-hydrogen) atoms. The van der Waals surface area contributed by atoms with Crippen LogP contribution in [0.15, 0.2) is 53.1 Å². The van der Waals surface area contributed by atoms with Crippen LogP contribution in [0.2, 0.25) is 5.02 Å². The molecule has 5 nitrogen and oxygen atoms in total. The van der Waals surface area contributed by atoms with E-state index in [-0.39, 0.29) is 12.5 Å². The first-order valence-electron chi connectivity index (χ1n) is 8.01. The number of aromatic nitrogens is 2. The van der Waals surface area contributed by atoms with Gasteiger partial charge in [0.15, 0.2) is 0 Å². The van der Waals surface area contributed by atoms with Crippen LogP contribution in [0.4, 0.5) is 0 Å². The Balaban J connectivity index is 1.51. The summed E-state index contributed by atoms with van der Waals surface area (Å²) in [6.07, 6.45) is 1.11. The number of halogens is 1. The van der Waals surface area contributed by atoms with E-state index < -0.39 is 0 Å². The Kier molecular flexibility index (Phi) is 5.46. The number of rotatable bonds is 6. The predicted molar refractivity (Wildman–Crippen MR) is 96.1 cm³/mol. The fraction of sp³-hybridized carbons (Fsp3) is 0.211. The highest BCUT2D eigenvalue weighted by atomic mass is 35.5.